The average Bonchev–Trinajstić information content (AvgIpc) is 3.04. The summed E-state index contributed by atoms with van der Waals surface area (Å²) in [5.41, 5.74) is 1.19. The fraction of sp³-hybridized carbons (Fsp3) is 0.810. The van der Waals surface area contributed by atoms with Crippen molar-refractivity contribution < 1.29 is 9.28 Å². The third-order valence-corrected chi connectivity index (χ3v) is 6.69. The molecule has 0 spiro atoms. The molecule has 6 nitrogen and oxygen atoms in total. The molecule has 0 bridgehead atoms. The van der Waals surface area contributed by atoms with E-state index in [0.717, 1.165) is 44.8 Å². The van der Waals surface area contributed by atoms with Crippen LogP contribution in [0.5, 0.6) is 0 Å². The van der Waals surface area contributed by atoms with E-state index in [2.05, 4.69) is 28.9 Å². The third-order valence-electron chi connectivity index (χ3n) is 6.69. The van der Waals surface area contributed by atoms with Gasteiger partial charge in [0.15, 0.2) is 0 Å². The molecule has 152 valence electrons. The van der Waals surface area contributed by atoms with E-state index < -0.39 is 0 Å². The number of fused-ring (bicyclic) bond motifs is 1. The van der Waals surface area contributed by atoms with Gasteiger partial charge in [-0.05, 0) is 25.8 Å². The molecule has 2 saturated heterocycles. The number of rotatable bonds is 4. The van der Waals surface area contributed by atoms with Crippen molar-refractivity contribution in [2.75, 3.05) is 52.9 Å². The molecule has 0 radical (unpaired) electrons. The van der Waals surface area contributed by atoms with Crippen molar-refractivity contribution in [2.45, 2.75) is 52.6 Å². The predicted octanol–water partition coefficient (Wildman–Crippen LogP) is 1.85. The zero-order valence-electron chi connectivity index (χ0n) is 17.7. The maximum absolute atomic E-state index is 12.6. The van der Waals surface area contributed by atoms with E-state index in [9.17, 15) is 4.79 Å². The quantitative estimate of drug-likeness (QED) is 0.753. The van der Waals surface area contributed by atoms with E-state index in [0.29, 0.717) is 12.6 Å². The highest BCUT2D eigenvalue weighted by Crippen LogP contribution is 2.26. The van der Waals surface area contributed by atoms with Crippen molar-refractivity contribution >= 4 is 5.91 Å². The van der Waals surface area contributed by atoms with Crippen molar-refractivity contribution in [1.29, 1.82) is 0 Å². The van der Waals surface area contributed by atoms with E-state index in [4.69, 9.17) is 0 Å². The highest BCUT2D eigenvalue weighted by atomic mass is 16.2. The van der Waals surface area contributed by atoms with Crippen molar-refractivity contribution in [3.05, 3.63) is 18.0 Å². The molecule has 0 atom stereocenters. The van der Waals surface area contributed by atoms with Crippen LogP contribution in [0.3, 0.4) is 0 Å². The predicted molar refractivity (Wildman–Crippen MR) is 108 cm³/mol. The molecule has 0 aromatic carbocycles. The Morgan fingerprint density at radius 1 is 1.19 bits per heavy atom. The summed E-state index contributed by atoms with van der Waals surface area (Å²) < 4.78 is 3.12. The Hall–Kier alpha value is -1.40. The lowest BCUT2D eigenvalue weighted by Gasteiger charge is -2.49. The van der Waals surface area contributed by atoms with Gasteiger partial charge in [-0.1, -0.05) is 13.8 Å². The van der Waals surface area contributed by atoms with Crippen LogP contribution in [-0.2, 0) is 17.8 Å². The summed E-state index contributed by atoms with van der Waals surface area (Å²) in [6, 6.07) is 2.46. The van der Waals surface area contributed by atoms with Gasteiger partial charge in [0.05, 0.1) is 32.6 Å². The van der Waals surface area contributed by atoms with E-state index in [1.807, 2.05) is 24.6 Å². The zero-order valence-corrected chi connectivity index (χ0v) is 17.7. The smallest absolute Gasteiger partial charge is 0.244 e. The molecular weight excluding hydrogens is 338 g/mol. The third kappa shape index (κ3) is 4.54. The molecule has 4 rings (SSSR count). The number of likely N-dealkylation sites (tertiary alicyclic amines) is 2. The van der Waals surface area contributed by atoms with Crippen LogP contribution in [0.4, 0.5) is 0 Å². The molecule has 1 aromatic rings. The number of nitrogens with zero attached hydrogens (tertiary/aromatic N) is 5. The summed E-state index contributed by atoms with van der Waals surface area (Å²) in [6.07, 6.45) is 4.99. The van der Waals surface area contributed by atoms with E-state index in [1.165, 1.54) is 36.4 Å². The van der Waals surface area contributed by atoms with Gasteiger partial charge in [-0.2, -0.15) is 5.10 Å². The first-order valence-electron chi connectivity index (χ1n) is 10.9. The van der Waals surface area contributed by atoms with Gasteiger partial charge in [0.25, 0.3) is 0 Å². The second kappa shape index (κ2) is 8.74. The lowest BCUT2D eigenvalue weighted by molar-refractivity contribution is -0.954. The van der Waals surface area contributed by atoms with E-state index in [1.54, 1.807) is 6.20 Å². The molecule has 2 fully saturated rings. The summed E-state index contributed by atoms with van der Waals surface area (Å²) in [4.78, 5) is 17.4. The highest BCUT2D eigenvalue weighted by Gasteiger charge is 2.40. The minimum atomic E-state index is 0.246. The number of carbonyl (C=O) groups excluding carboxylic acids is 1. The van der Waals surface area contributed by atoms with Crippen LogP contribution < -0.4 is 0 Å². The van der Waals surface area contributed by atoms with Crippen LogP contribution in [0.25, 0.3) is 0 Å². The Balaban J connectivity index is 0.00000102. The van der Waals surface area contributed by atoms with Gasteiger partial charge in [-0.3, -0.25) is 9.48 Å². The largest absolute Gasteiger partial charge is 0.338 e. The second-order valence-corrected chi connectivity index (χ2v) is 8.52. The maximum Gasteiger partial charge on any atom is 0.244 e. The zero-order chi connectivity index (χ0) is 19.4. The van der Waals surface area contributed by atoms with E-state index in [-0.39, 0.29) is 5.91 Å². The Kier molecular flexibility index (Phi) is 6.58. The van der Waals surface area contributed by atoms with E-state index >= 15 is 0 Å². The summed E-state index contributed by atoms with van der Waals surface area (Å²) in [6.45, 7) is 15.0. The number of hydrogen-bond acceptors (Lipinski definition) is 3. The Bertz CT molecular complexity index is 614. The Morgan fingerprint density at radius 2 is 1.89 bits per heavy atom. The van der Waals surface area contributed by atoms with Crippen LogP contribution in [0.15, 0.2) is 12.3 Å². The topological polar surface area (TPSA) is 41.4 Å². The maximum atomic E-state index is 12.6. The Morgan fingerprint density at radius 3 is 2.56 bits per heavy atom. The minimum Gasteiger partial charge on any atom is -0.338 e. The van der Waals surface area contributed by atoms with Crippen molar-refractivity contribution in [1.82, 2.24) is 19.6 Å². The first-order valence-corrected chi connectivity index (χ1v) is 10.9. The Labute approximate surface area is 164 Å². The van der Waals surface area contributed by atoms with Crippen LogP contribution in [0.2, 0.25) is 0 Å². The lowest BCUT2D eigenvalue weighted by atomic mass is 9.94. The normalized spacial score (nSPS) is 29.4. The molecule has 1 amide bonds. The monoisotopic (exact) mass is 376 g/mol. The number of carbonyl (C=O) groups is 1. The molecule has 1 aromatic heterocycles. The SMILES string of the molecule is CC.CC[N+]1(C)CC(CN2CCC(N3CCc4ccnn4CC3=O)CC2)C1. The molecule has 0 saturated carbocycles. The van der Waals surface area contributed by atoms with Crippen molar-refractivity contribution in [3.8, 4) is 0 Å². The van der Waals surface area contributed by atoms with Crippen molar-refractivity contribution in [2.24, 2.45) is 5.92 Å². The van der Waals surface area contributed by atoms with Crippen LogP contribution in [-0.4, -0.2) is 88.9 Å². The molecule has 0 aliphatic carbocycles. The molecule has 27 heavy (non-hydrogen) atoms. The van der Waals surface area contributed by atoms with Gasteiger partial charge in [-0.25, -0.2) is 0 Å². The van der Waals surface area contributed by atoms with Gasteiger partial charge in [0.2, 0.25) is 5.91 Å². The van der Waals surface area contributed by atoms with Crippen molar-refractivity contribution in [3.63, 3.8) is 0 Å². The molecule has 3 aliphatic rings. The molecule has 6 heteroatoms. The number of hydrogen-bond donors (Lipinski definition) is 0. The highest BCUT2D eigenvalue weighted by molar-refractivity contribution is 5.76. The summed E-state index contributed by atoms with van der Waals surface area (Å²) >= 11 is 0. The van der Waals surface area contributed by atoms with Gasteiger partial charge < -0.3 is 14.3 Å². The number of amides is 1. The first-order chi connectivity index (χ1) is 13.1. The number of quaternary nitrogens is 1. The summed E-state index contributed by atoms with van der Waals surface area (Å²) in [5, 5.41) is 4.29. The van der Waals surface area contributed by atoms with Gasteiger partial charge >= 0.3 is 0 Å². The van der Waals surface area contributed by atoms with Gasteiger partial charge in [-0.15, -0.1) is 0 Å². The first kappa shape index (κ1) is 20.3. The average molecular weight is 377 g/mol. The summed E-state index contributed by atoms with van der Waals surface area (Å²) in [7, 11) is 2.37. The van der Waals surface area contributed by atoms with Crippen LogP contribution >= 0.6 is 0 Å². The molecule has 3 aliphatic heterocycles. The fourth-order valence-electron chi connectivity index (χ4n) is 5.03. The number of piperidine rings is 1. The lowest BCUT2D eigenvalue weighted by Crippen LogP contribution is -2.63. The van der Waals surface area contributed by atoms with Gasteiger partial charge in [0, 0.05) is 50.5 Å². The van der Waals surface area contributed by atoms with Crippen LogP contribution in [0, 0.1) is 5.92 Å². The van der Waals surface area contributed by atoms with Gasteiger partial charge in [0.1, 0.15) is 6.54 Å². The minimum absolute atomic E-state index is 0.246. The second-order valence-electron chi connectivity index (χ2n) is 8.52. The molecule has 0 N–H and O–H groups in total. The number of aromatic nitrogens is 2. The molecule has 0 unspecified atom stereocenters. The summed E-state index contributed by atoms with van der Waals surface area (Å²) in [5.74, 6) is 1.12. The molecule has 4 heterocycles. The standard InChI is InChI=1S/C19H32N5O.C2H6/c1-3-24(2)14-16(15-24)12-21-9-5-17(6-10-21)22-11-7-18-4-8-20-23(18)13-19(22)25;1-2/h4,8,16-17H,3,5-7,9-15H2,1-2H3;1-2H3/q+1;. The molecular formula is C21H38N5O+. The van der Waals surface area contributed by atoms with Crippen LogP contribution in [0.1, 0.15) is 39.3 Å². The fourth-order valence-corrected chi connectivity index (χ4v) is 5.03.